The fourth-order valence-electron chi connectivity index (χ4n) is 1.95. The van der Waals surface area contributed by atoms with Crippen molar-refractivity contribution in [2.24, 2.45) is 5.16 Å². The lowest BCUT2D eigenvalue weighted by molar-refractivity contribution is -0.384. The molecule has 114 valence electrons. The lowest BCUT2D eigenvalue weighted by atomic mass is 10.1. The van der Waals surface area contributed by atoms with Crippen LogP contribution in [0.1, 0.15) is 16.7 Å². The molecular formula is C16H16N2O4. The summed E-state index contributed by atoms with van der Waals surface area (Å²) in [4.78, 5) is 15.4. The van der Waals surface area contributed by atoms with Crippen molar-refractivity contribution in [3.8, 4) is 5.75 Å². The van der Waals surface area contributed by atoms with Crippen LogP contribution in [0.3, 0.4) is 0 Å². The Labute approximate surface area is 128 Å². The number of benzene rings is 2. The number of hydrogen-bond donors (Lipinski definition) is 0. The molecule has 0 unspecified atom stereocenters. The van der Waals surface area contributed by atoms with Gasteiger partial charge in [0, 0.05) is 12.1 Å². The molecule has 2 rings (SSSR count). The number of non-ortho nitro benzene ring substituents is 1. The Morgan fingerprint density at radius 3 is 2.77 bits per heavy atom. The van der Waals surface area contributed by atoms with Gasteiger partial charge in [-0.15, -0.1) is 0 Å². The SMILES string of the molecule is COc1ccc(/C=N\OCc2cccc([N+](=O)[O-])c2)cc1C. The number of nitro benzene ring substituents is 1. The van der Waals surface area contributed by atoms with Gasteiger partial charge in [0.25, 0.3) is 5.69 Å². The normalized spacial score (nSPS) is 10.6. The number of nitro groups is 1. The molecule has 22 heavy (non-hydrogen) atoms. The van der Waals surface area contributed by atoms with E-state index in [0.29, 0.717) is 5.56 Å². The summed E-state index contributed by atoms with van der Waals surface area (Å²) in [6.07, 6.45) is 1.59. The molecule has 0 aliphatic rings. The molecule has 0 aliphatic carbocycles. The first-order valence-electron chi connectivity index (χ1n) is 6.63. The van der Waals surface area contributed by atoms with Gasteiger partial charge in [0.15, 0.2) is 0 Å². The first kappa shape index (κ1) is 15.5. The van der Waals surface area contributed by atoms with Crippen LogP contribution in [0.5, 0.6) is 5.75 Å². The smallest absolute Gasteiger partial charge is 0.269 e. The summed E-state index contributed by atoms with van der Waals surface area (Å²) >= 11 is 0. The van der Waals surface area contributed by atoms with E-state index in [0.717, 1.165) is 16.9 Å². The van der Waals surface area contributed by atoms with Gasteiger partial charge in [-0.3, -0.25) is 10.1 Å². The monoisotopic (exact) mass is 300 g/mol. The molecule has 2 aromatic carbocycles. The van der Waals surface area contributed by atoms with Gasteiger partial charge < -0.3 is 9.57 Å². The Balaban J connectivity index is 1.94. The Kier molecular flexibility index (Phi) is 5.08. The van der Waals surface area contributed by atoms with Crippen molar-refractivity contribution in [3.63, 3.8) is 0 Å². The van der Waals surface area contributed by atoms with Crippen molar-refractivity contribution in [2.75, 3.05) is 7.11 Å². The highest BCUT2D eigenvalue weighted by atomic mass is 16.6. The van der Waals surface area contributed by atoms with E-state index >= 15 is 0 Å². The maximum atomic E-state index is 10.7. The predicted molar refractivity (Wildman–Crippen MR) is 83.2 cm³/mol. The number of oxime groups is 1. The van der Waals surface area contributed by atoms with E-state index in [1.807, 2.05) is 25.1 Å². The highest BCUT2D eigenvalue weighted by Gasteiger charge is 2.05. The topological polar surface area (TPSA) is 74.0 Å². The summed E-state index contributed by atoms with van der Waals surface area (Å²) < 4.78 is 5.18. The minimum absolute atomic E-state index is 0.0378. The summed E-state index contributed by atoms with van der Waals surface area (Å²) in [7, 11) is 1.62. The summed E-state index contributed by atoms with van der Waals surface area (Å²) in [6.45, 7) is 2.12. The molecule has 6 nitrogen and oxygen atoms in total. The number of aryl methyl sites for hydroxylation is 1. The molecule has 0 spiro atoms. The molecule has 0 radical (unpaired) electrons. The summed E-state index contributed by atoms with van der Waals surface area (Å²) in [5.74, 6) is 0.815. The number of methoxy groups -OCH3 is 1. The second-order valence-corrected chi connectivity index (χ2v) is 4.66. The van der Waals surface area contributed by atoms with Crippen LogP contribution in [0.2, 0.25) is 0 Å². The Morgan fingerprint density at radius 2 is 2.09 bits per heavy atom. The molecule has 0 aliphatic heterocycles. The van der Waals surface area contributed by atoms with Crippen LogP contribution in [0.25, 0.3) is 0 Å². The maximum absolute atomic E-state index is 10.7. The molecule has 0 saturated heterocycles. The third-order valence-electron chi connectivity index (χ3n) is 3.05. The van der Waals surface area contributed by atoms with Crippen LogP contribution in [0.4, 0.5) is 5.69 Å². The summed E-state index contributed by atoms with van der Waals surface area (Å²) in [5, 5.41) is 14.5. The fourth-order valence-corrected chi connectivity index (χ4v) is 1.95. The van der Waals surface area contributed by atoms with Crippen molar-refractivity contribution in [1.29, 1.82) is 0 Å². The van der Waals surface area contributed by atoms with Crippen molar-refractivity contribution in [3.05, 3.63) is 69.3 Å². The largest absolute Gasteiger partial charge is 0.496 e. The standard InChI is InChI=1S/C16H16N2O4/c1-12-8-13(6-7-16(12)21-2)10-17-22-11-14-4-3-5-15(9-14)18(19)20/h3-10H,11H2,1-2H3/b17-10-. The van der Waals surface area contributed by atoms with Gasteiger partial charge in [-0.2, -0.15) is 0 Å². The Bertz CT molecular complexity index is 698. The molecule has 0 aromatic heterocycles. The van der Waals surface area contributed by atoms with E-state index < -0.39 is 4.92 Å². The number of rotatable bonds is 6. The summed E-state index contributed by atoms with van der Waals surface area (Å²) in [5.41, 5.74) is 2.62. The first-order valence-corrected chi connectivity index (χ1v) is 6.63. The molecular weight excluding hydrogens is 284 g/mol. The van der Waals surface area contributed by atoms with Crippen LogP contribution in [-0.2, 0) is 11.4 Å². The molecule has 6 heteroatoms. The van der Waals surface area contributed by atoms with E-state index in [-0.39, 0.29) is 12.3 Å². The first-order chi connectivity index (χ1) is 10.6. The summed E-state index contributed by atoms with van der Waals surface area (Å²) in [6, 6.07) is 11.9. The van der Waals surface area contributed by atoms with Crippen LogP contribution >= 0.6 is 0 Å². The molecule has 0 atom stereocenters. The van der Waals surface area contributed by atoms with E-state index in [1.54, 1.807) is 25.5 Å². The second-order valence-electron chi connectivity index (χ2n) is 4.66. The van der Waals surface area contributed by atoms with Gasteiger partial charge in [-0.1, -0.05) is 17.3 Å². The third kappa shape index (κ3) is 4.05. The maximum Gasteiger partial charge on any atom is 0.269 e. The fraction of sp³-hybridized carbons (Fsp3) is 0.188. The van der Waals surface area contributed by atoms with E-state index in [9.17, 15) is 10.1 Å². The molecule has 0 N–H and O–H groups in total. The quantitative estimate of drug-likeness (QED) is 0.465. The average molecular weight is 300 g/mol. The minimum Gasteiger partial charge on any atom is -0.496 e. The zero-order chi connectivity index (χ0) is 15.9. The second kappa shape index (κ2) is 7.21. The van der Waals surface area contributed by atoms with Gasteiger partial charge in [-0.05, 0) is 41.8 Å². The lowest BCUT2D eigenvalue weighted by Gasteiger charge is -2.04. The third-order valence-corrected chi connectivity index (χ3v) is 3.05. The molecule has 0 amide bonds. The Morgan fingerprint density at radius 1 is 1.27 bits per heavy atom. The lowest BCUT2D eigenvalue weighted by Crippen LogP contribution is -1.92. The van der Waals surface area contributed by atoms with Crippen molar-refractivity contribution < 1.29 is 14.5 Å². The van der Waals surface area contributed by atoms with E-state index in [1.165, 1.54) is 12.1 Å². The van der Waals surface area contributed by atoms with Crippen molar-refractivity contribution in [1.82, 2.24) is 0 Å². The highest BCUT2D eigenvalue weighted by Crippen LogP contribution is 2.17. The molecule has 2 aromatic rings. The molecule has 0 saturated carbocycles. The van der Waals surface area contributed by atoms with Gasteiger partial charge in [0.05, 0.1) is 18.2 Å². The predicted octanol–water partition coefficient (Wildman–Crippen LogP) is 3.46. The Hall–Kier alpha value is -2.89. The number of nitrogens with zero attached hydrogens (tertiary/aromatic N) is 2. The number of ether oxygens (including phenoxy) is 1. The van der Waals surface area contributed by atoms with Gasteiger partial charge in [0.1, 0.15) is 12.4 Å². The number of hydrogen-bond acceptors (Lipinski definition) is 5. The van der Waals surface area contributed by atoms with E-state index in [2.05, 4.69) is 5.16 Å². The van der Waals surface area contributed by atoms with Crippen LogP contribution in [-0.4, -0.2) is 18.2 Å². The highest BCUT2D eigenvalue weighted by molar-refractivity contribution is 5.79. The van der Waals surface area contributed by atoms with E-state index in [4.69, 9.17) is 9.57 Å². The minimum atomic E-state index is -0.438. The van der Waals surface area contributed by atoms with Crippen molar-refractivity contribution >= 4 is 11.9 Å². The van der Waals surface area contributed by atoms with Crippen molar-refractivity contribution in [2.45, 2.75) is 13.5 Å². The van der Waals surface area contributed by atoms with Gasteiger partial charge >= 0.3 is 0 Å². The average Bonchev–Trinajstić information content (AvgIpc) is 2.52. The van der Waals surface area contributed by atoms with Crippen LogP contribution in [0.15, 0.2) is 47.6 Å². The molecule has 0 heterocycles. The van der Waals surface area contributed by atoms with Crippen LogP contribution < -0.4 is 4.74 Å². The van der Waals surface area contributed by atoms with Gasteiger partial charge in [-0.25, -0.2) is 0 Å². The van der Waals surface area contributed by atoms with Gasteiger partial charge in [0.2, 0.25) is 0 Å². The molecule has 0 fully saturated rings. The zero-order valence-corrected chi connectivity index (χ0v) is 12.4. The zero-order valence-electron chi connectivity index (χ0n) is 12.4. The van der Waals surface area contributed by atoms with Crippen LogP contribution in [0, 0.1) is 17.0 Å². The molecule has 0 bridgehead atoms.